The summed E-state index contributed by atoms with van der Waals surface area (Å²) in [6, 6.07) is 7.50. The first kappa shape index (κ1) is 18.5. The molecule has 24 heavy (non-hydrogen) atoms. The third kappa shape index (κ3) is 5.09. The number of hydrogen-bond donors (Lipinski definition) is 1. The Morgan fingerprint density at radius 3 is 2.54 bits per heavy atom. The lowest BCUT2D eigenvalue weighted by molar-refractivity contribution is 0.0600. The number of aliphatic hydroxyl groups excluding tert-OH is 1. The van der Waals surface area contributed by atoms with E-state index in [9.17, 15) is 9.90 Å². The molecule has 130 valence electrons. The van der Waals surface area contributed by atoms with Crippen molar-refractivity contribution < 1.29 is 14.6 Å². The SMILES string of the molecule is CCCCCC(=C=C1CCCCC1O)c1ccc(C(=O)OC)cc1. The van der Waals surface area contributed by atoms with Crippen molar-refractivity contribution in [2.45, 2.75) is 64.4 Å². The summed E-state index contributed by atoms with van der Waals surface area (Å²) in [7, 11) is 1.39. The van der Waals surface area contributed by atoms with E-state index in [2.05, 4.69) is 12.7 Å². The zero-order valence-electron chi connectivity index (χ0n) is 14.8. The molecular weight excluding hydrogens is 300 g/mol. The number of hydrogen-bond acceptors (Lipinski definition) is 3. The molecule has 0 heterocycles. The Hall–Kier alpha value is -1.83. The molecule has 1 aromatic carbocycles. The van der Waals surface area contributed by atoms with Gasteiger partial charge < -0.3 is 9.84 Å². The van der Waals surface area contributed by atoms with Crippen LogP contribution in [0.4, 0.5) is 0 Å². The van der Waals surface area contributed by atoms with Crippen molar-refractivity contribution in [2.75, 3.05) is 7.11 Å². The molecule has 0 saturated heterocycles. The first-order valence-corrected chi connectivity index (χ1v) is 9.01. The van der Waals surface area contributed by atoms with Crippen LogP contribution in [0.25, 0.3) is 5.57 Å². The maximum atomic E-state index is 11.6. The molecule has 1 aliphatic carbocycles. The highest BCUT2D eigenvalue weighted by atomic mass is 16.5. The quantitative estimate of drug-likeness (QED) is 0.459. The fourth-order valence-electron chi connectivity index (χ4n) is 3.09. The molecule has 3 heteroatoms. The summed E-state index contributed by atoms with van der Waals surface area (Å²) in [6.45, 7) is 2.19. The molecule has 2 rings (SSSR count). The Morgan fingerprint density at radius 2 is 1.92 bits per heavy atom. The Morgan fingerprint density at radius 1 is 1.21 bits per heavy atom. The topological polar surface area (TPSA) is 46.5 Å². The minimum absolute atomic E-state index is 0.320. The molecule has 0 spiro atoms. The minimum atomic E-state index is -0.353. The van der Waals surface area contributed by atoms with Crippen LogP contribution in [0.2, 0.25) is 0 Å². The zero-order valence-corrected chi connectivity index (χ0v) is 14.8. The van der Waals surface area contributed by atoms with E-state index in [1.165, 1.54) is 20.0 Å². The number of esters is 1. The fraction of sp³-hybridized carbons (Fsp3) is 0.524. The van der Waals surface area contributed by atoms with E-state index < -0.39 is 0 Å². The van der Waals surface area contributed by atoms with Gasteiger partial charge in [0.15, 0.2) is 0 Å². The Labute approximate surface area is 145 Å². The van der Waals surface area contributed by atoms with Crippen molar-refractivity contribution in [1.82, 2.24) is 0 Å². The molecule has 1 atom stereocenters. The van der Waals surface area contributed by atoms with Crippen LogP contribution in [0.3, 0.4) is 0 Å². The van der Waals surface area contributed by atoms with E-state index in [0.717, 1.165) is 55.2 Å². The maximum Gasteiger partial charge on any atom is 0.337 e. The lowest BCUT2D eigenvalue weighted by Crippen LogP contribution is -2.14. The van der Waals surface area contributed by atoms with Crippen LogP contribution in [0, 0.1) is 0 Å². The van der Waals surface area contributed by atoms with Crippen LogP contribution >= 0.6 is 0 Å². The standard InChI is InChI=1S/C21H28O3/c1-3-4-5-8-18(15-19-9-6-7-10-20(19)22)16-11-13-17(14-12-16)21(23)24-2/h11-14,20,22H,3-10H2,1-2H3. The van der Waals surface area contributed by atoms with Crippen LogP contribution in [-0.2, 0) is 4.74 Å². The van der Waals surface area contributed by atoms with Gasteiger partial charge in [-0.3, -0.25) is 0 Å². The average Bonchev–Trinajstić information content (AvgIpc) is 2.62. The molecule has 3 nitrogen and oxygen atoms in total. The smallest absolute Gasteiger partial charge is 0.337 e. The van der Waals surface area contributed by atoms with E-state index in [0.29, 0.717) is 5.56 Å². The molecule has 1 unspecified atom stereocenters. The van der Waals surface area contributed by atoms with E-state index in [4.69, 9.17) is 4.74 Å². The third-order valence-electron chi connectivity index (χ3n) is 4.57. The minimum Gasteiger partial charge on any atom is -0.465 e. The fourth-order valence-corrected chi connectivity index (χ4v) is 3.09. The highest BCUT2D eigenvalue weighted by molar-refractivity contribution is 5.89. The van der Waals surface area contributed by atoms with Crippen molar-refractivity contribution in [3.8, 4) is 0 Å². The predicted octanol–water partition coefficient (Wildman–Crippen LogP) is 4.90. The number of carbonyl (C=O) groups excluding carboxylic acids is 1. The van der Waals surface area contributed by atoms with Crippen LogP contribution in [0.15, 0.2) is 35.6 Å². The van der Waals surface area contributed by atoms with Gasteiger partial charge in [-0.15, -0.1) is 5.73 Å². The van der Waals surface area contributed by atoms with E-state index in [-0.39, 0.29) is 12.1 Å². The molecule has 0 amide bonds. The number of aliphatic hydroxyl groups is 1. The van der Waals surface area contributed by atoms with Gasteiger partial charge in [0.2, 0.25) is 0 Å². The van der Waals surface area contributed by atoms with Crippen LogP contribution in [-0.4, -0.2) is 24.3 Å². The van der Waals surface area contributed by atoms with Gasteiger partial charge in [-0.25, -0.2) is 4.79 Å². The van der Waals surface area contributed by atoms with Gasteiger partial charge in [0, 0.05) is 11.1 Å². The zero-order chi connectivity index (χ0) is 17.4. The van der Waals surface area contributed by atoms with Crippen molar-refractivity contribution >= 4 is 11.5 Å². The monoisotopic (exact) mass is 328 g/mol. The summed E-state index contributed by atoms with van der Waals surface area (Å²) in [5, 5.41) is 10.2. The van der Waals surface area contributed by atoms with Gasteiger partial charge in [0.1, 0.15) is 0 Å². The molecule has 0 aliphatic heterocycles. The molecule has 1 aromatic rings. The van der Waals surface area contributed by atoms with Gasteiger partial charge >= 0.3 is 5.97 Å². The highest BCUT2D eigenvalue weighted by Gasteiger charge is 2.16. The summed E-state index contributed by atoms with van der Waals surface area (Å²) < 4.78 is 4.75. The Bertz CT molecular complexity index is 606. The van der Waals surface area contributed by atoms with Gasteiger partial charge in [-0.1, -0.05) is 38.3 Å². The number of unbranched alkanes of at least 4 members (excludes halogenated alkanes) is 2. The second-order valence-electron chi connectivity index (χ2n) is 6.42. The molecule has 0 radical (unpaired) electrons. The van der Waals surface area contributed by atoms with Crippen molar-refractivity contribution in [3.63, 3.8) is 0 Å². The molecule has 1 saturated carbocycles. The van der Waals surface area contributed by atoms with E-state index in [1.807, 2.05) is 12.1 Å². The van der Waals surface area contributed by atoms with E-state index >= 15 is 0 Å². The molecule has 1 fully saturated rings. The summed E-state index contributed by atoms with van der Waals surface area (Å²) >= 11 is 0. The number of carbonyl (C=O) groups is 1. The van der Waals surface area contributed by atoms with Crippen LogP contribution in [0.5, 0.6) is 0 Å². The number of benzene rings is 1. The van der Waals surface area contributed by atoms with Gasteiger partial charge in [-0.05, 0) is 49.8 Å². The Balaban J connectivity index is 2.31. The van der Waals surface area contributed by atoms with Crippen molar-refractivity contribution in [3.05, 3.63) is 46.7 Å². The van der Waals surface area contributed by atoms with Gasteiger partial charge in [-0.2, -0.15) is 0 Å². The maximum absolute atomic E-state index is 11.6. The predicted molar refractivity (Wildman–Crippen MR) is 96.8 cm³/mol. The van der Waals surface area contributed by atoms with Crippen LogP contribution in [0.1, 0.15) is 74.2 Å². The summed E-state index contributed by atoms with van der Waals surface area (Å²) in [6.07, 6.45) is 8.05. The first-order valence-electron chi connectivity index (χ1n) is 9.01. The molecule has 0 bridgehead atoms. The summed E-state index contributed by atoms with van der Waals surface area (Å²) in [5.74, 6) is -0.320. The average molecular weight is 328 g/mol. The molecular formula is C21H28O3. The molecule has 0 aromatic heterocycles. The van der Waals surface area contributed by atoms with E-state index in [1.54, 1.807) is 12.1 Å². The van der Waals surface area contributed by atoms with Crippen molar-refractivity contribution in [1.29, 1.82) is 0 Å². The lowest BCUT2D eigenvalue weighted by Gasteiger charge is -2.19. The Kier molecular flexibility index (Phi) is 7.30. The first-order chi connectivity index (χ1) is 11.7. The highest BCUT2D eigenvalue weighted by Crippen LogP contribution is 2.27. The number of methoxy groups -OCH3 is 1. The van der Waals surface area contributed by atoms with Crippen molar-refractivity contribution in [2.24, 2.45) is 0 Å². The normalized spacial score (nSPS) is 17.3. The second kappa shape index (κ2) is 9.46. The lowest BCUT2D eigenvalue weighted by atomic mass is 9.90. The summed E-state index contributed by atoms with van der Waals surface area (Å²) in [5.41, 5.74) is 7.31. The van der Waals surface area contributed by atoms with Crippen LogP contribution < -0.4 is 0 Å². The summed E-state index contributed by atoms with van der Waals surface area (Å²) in [4.78, 5) is 11.6. The second-order valence-corrected chi connectivity index (χ2v) is 6.42. The van der Waals surface area contributed by atoms with Gasteiger partial charge in [0.25, 0.3) is 0 Å². The molecule has 1 aliphatic rings. The third-order valence-corrected chi connectivity index (χ3v) is 4.57. The number of rotatable bonds is 6. The molecule has 1 N–H and O–H groups in total. The largest absolute Gasteiger partial charge is 0.465 e. The number of ether oxygens (including phenoxy) is 1. The van der Waals surface area contributed by atoms with Gasteiger partial charge in [0.05, 0.1) is 18.8 Å².